The number of ketones is 1. The molecule has 0 aromatic heterocycles. The third-order valence-electron chi connectivity index (χ3n) is 2.40. The van der Waals surface area contributed by atoms with E-state index < -0.39 is 0 Å². The van der Waals surface area contributed by atoms with Crippen molar-refractivity contribution in [2.45, 2.75) is 34.1 Å². The molecule has 0 amide bonds. The Kier molecular flexibility index (Phi) is 5.14. The van der Waals surface area contributed by atoms with Crippen molar-refractivity contribution in [3.8, 4) is 0 Å². The van der Waals surface area contributed by atoms with Crippen LogP contribution < -0.4 is 0 Å². The van der Waals surface area contributed by atoms with Crippen LogP contribution in [0.2, 0.25) is 0 Å². The zero-order valence-corrected chi connectivity index (χ0v) is 9.68. The normalized spacial score (nSPS) is 13.6. The first-order valence-electron chi connectivity index (χ1n) is 4.91. The van der Waals surface area contributed by atoms with Crippen LogP contribution in [0.25, 0.3) is 0 Å². The number of carbonyl (C=O) groups is 1. The van der Waals surface area contributed by atoms with Crippen LogP contribution in [0.5, 0.6) is 0 Å². The van der Waals surface area contributed by atoms with Gasteiger partial charge in [-0.25, -0.2) is 0 Å². The van der Waals surface area contributed by atoms with E-state index >= 15 is 0 Å². The van der Waals surface area contributed by atoms with Gasteiger partial charge in [-0.2, -0.15) is 0 Å². The molecular weight excluding hydrogens is 172 g/mol. The highest BCUT2D eigenvalue weighted by molar-refractivity contribution is 6.07. The summed E-state index contributed by atoms with van der Waals surface area (Å²) in [4.78, 5) is 11.6. The van der Waals surface area contributed by atoms with Gasteiger partial charge in [0.1, 0.15) is 0 Å². The molecule has 0 aromatic rings. The van der Waals surface area contributed by atoms with Gasteiger partial charge in [0.15, 0.2) is 5.78 Å². The Morgan fingerprint density at radius 2 is 1.86 bits per heavy atom. The minimum absolute atomic E-state index is 0.0700. The number of hydrogen-bond acceptors (Lipinski definition) is 1. The first-order valence-corrected chi connectivity index (χ1v) is 4.91. The van der Waals surface area contributed by atoms with E-state index in [2.05, 4.69) is 20.1 Å². The molecule has 14 heavy (non-hydrogen) atoms. The Morgan fingerprint density at radius 1 is 1.36 bits per heavy atom. The minimum Gasteiger partial charge on any atom is -0.289 e. The van der Waals surface area contributed by atoms with E-state index in [1.54, 1.807) is 6.92 Å². The molecule has 0 aliphatic heterocycles. The lowest BCUT2D eigenvalue weighted by molar-refractivity contribution is -0.112. The van der Waals surface area contributed by atoms with E-state index in [0.717, 1.165) is 17.6 Å². The van der Waals surface area contributed by atoms with Gasteiger partial charge < -0.3 is 0 Å². The molecule has 0 spiro atoms. The average Bonchev–Trinajstić information content (AvgIpc) is 2.12. The minimum atomic E-state index is 0.0700. The number of allylic oxidation sites excluding steroid dienone is 4. The Hall–Kier alpha value is -1.11. The second kappa shape index (κ2) is 5.58. The summed E-state index contributed by atoms with van der Waals surface area (Å²) >= 11 is 0. The van der Waals surface area contributed by atoms with Gasteiger partial charge in [0.05, 0.1) is 0 Å². The Bertz CT molecular complexity index is 282. The fraction of sp³-hybridized carbons (Fsp3) is 0.462. The lowest BCUT2D eigenvalue weighted by atomic mass is 9.91. The smallest absolute Gasteiger partial charge is 0.183 e. The highest BCUT2D eigenvalue weighted by atomic mass is 16.1. The Morgan fingerprint density at radius 3 is 2.14 bits per heavy atom. The van der Waals surface area contributed by atoms with Crippen molar-refractivity contribution in [1.29, 1.82) is 0 Å². The Balaban J connectivity index is 4.55. The van der Waals surface area contributed by atoms with E-state index in [1.165, 1.54) is 0 Å². The van der Waals surface area contributed by atoms with Crippen molar-refractivity contribution in [3.05, 3.63) is 36.0 Å². The first-order chi connectivity index (χ1) is 6.40. The monoisotopic (exact) mass is 192 g/mol. The van der Waals surface area contributed by atoms with Gasteiger partial charge in [-0.3, -0.25) is 4.79 Å². The van der Waals surface area contributed by atoms with Crippen molar-refractivity contribution >= 4 is 5.78 Å². The van der Waals surface area contributed by atoms with Crippen molar-refractivity contribution in [2.24, 2.45) is 5.92 Å². The molecule has 0 fully saturated rings. The molecule has 0 rings (SSSR count). The highest BCUT2D eigenvalue weighted by Gasteiger charge is 2.13. The first kappa shape index (κ1) is 12.9. The molecule has 0 radical (unpaired) electrons. The van der Waals surface area contributed by atoms with Crippen molar-refractivity contribution < 1.29 is 4.79 Å². The predicted octanol–water partition coefficient (Wildman–Crippen LogP) is 3.68. The van der Waals surface area contributed by atoms with Gasteiger partial charge in [-0.15, -0.1) is 0 Å². The van der Waals surface area contributed by atoms with Crippen LogP contribution in [0.3, 0.4) is 0 Å². The summed E-state index contributed by atoms with van der Waals surface area (Å²) in [6.07, 6.45) is 2.63. The SMILES string of the molecule is C=C(C)C(=O)/C(=C/C)C[C@H](C)C(=C)C. The van der Waals surface area contributed by atoms with Gasteiger partial charge in [0.2, 0.25) is 0 Å². The quantitative estimate of drug-likeness (QED) is 0.479. The van der Waals surface area contributed by atoms with Gasteiger partial charge in [0, 0.05) is 0 Å². The summed E-state index contributed by atoms with van der Waals surface area (Å²) in [7, 11) is 0. The number of carbonyl (C=O) groups excluding carboxylic acids is 1. The number of rotatable bonds is 5. The van der Waals surface area contributed by atoms with E-state index in [9.17, 15) is 4.79 Å². The molecular formula is C13H20O. The standard InChI is InChI=1S/C13H20O/c1-7-12(13(14)10(4)5)8-11(6)9(2)3/h7,11H,2,4,8H2,1,3,5-6H3/b12-7+/t11-/m0/s1. The lowest BCUT2D eigenvalue weighted by Crippen LogP contribution is -2.07. The van der Waals surface area contributed by atoms with Crippen LogP contribution in [-0.2, 0) is 4.79 Å². The summed E-state index contributed by atoms with van der Waals surface area (Å²) in [5, 5.41) is 0. The van der Waals surface area contributed by atoms with Gasteiger partial charge in [-0.1, -0.05) is 31.7 Å². The van der Waals surface area contributed by atoms with Gasteiger partial charge in [0.25, 0.3) is 0 Å². The van der Waals surface area contributed by atoms with E-state index in [4.69, 9.17) is 0 Å². The second-order valence-corrected chi connectivity index (χ2v) is 3.87. The Labute approximate surface area is 87.2 Å². The predicted molar refractivity (Wildman–Crippen MR) is 62.2 cm³/mol. The van der Waals surface area contributed by atoms with Crippen molar-refractivity contribution in [2.75, 3.05) is 0 Å². The van der Waals surface area contributed by atoms with Crippen LogP contribution in [-0.4, -0.2) is 5.78 Å². The maximum atomic E-state index is 11.6. The van der Waals surface area contributed by atoms with E-state index in [0.29, 0.717) is 11.5 Å². The van der Waals surface area contributed by atoms with E-state index in [-0.39, 0.29) is 5.78 Å². The van der Waals surface area contributed by atoms with Crippen LogP contribution in [0.15, 0.2) is 36.0 Å². The molecule has 0 bridgehead atoms. The fourth-order valence-electron chi connectivity index (χ4n) is 1.12. The number of Topliss-reactive ketones (excluding diaryl/α,β-unsaturated/α-hetero) is 1. The molecule has 1 atom stereocenters. The van der Waals surface area contributed by atoms with Crippen LogP contribution in [0, 0.1) is 5.92 Å². The van der Waals surface area contributed by atoms with Crippen LogP contribution in [0.1, 0.15) is 34.1 Å². The molecule has 0 N–H and O–H groups in total. The molecule has 0 saturated carbocycles. The summed E-state index contributed by atoms with van der Waals surface area (Å²) in [5.41, 5.74) is 2.55. The van der Waals surface area contributed by atoms with Crippen LogP contribution in [0.4, 0.5) is 0 Å². The molecule has 0 aliphatic rings. The fourth-order valence-corrected chi connectivity index (χ4v) is 1.12. The van der Waals surface area contributed by atoms with E-state index in [1.807, 2.05) is 19.9 Å². The summed E-state index contributed by atoms with van der Waals surface area (Å²) in [5.74, 6) is 0.421. The zero-order valence-electron chi connectivity index (χ0n) is 9.68. The maximum Gasteiger partial charge on any atom is 0.183 e. The third kappa shape index (κ3) is 3.73. The van der Waals surface area contributed by atoms with Crippen molar-refractivity contribution in [3.63, 3.8) is 0 Å². The third-order valence-corrected chi connectivity index (χ3v) is 2.40. The summed E-state index contributed by atoms with van der Waals surface area (Å²) in [6.45, 7) is 15.3. The molecule has 0 aromatic carbocycles. The maximum absolute atomic E-state index is 11.6. The molecule has 0 aliphatic carbocycles. The number of hydrogen-bond donors (Lipinski definition) is 0. The molecule has 1 heteroatoms. The van der Waals surface area contributed by atoms with Crippen molar-refractivity contribution in [1.82, 2.24) is 0 Å². The lowest BCUT2D eigenvalue weighted by Gasteiger charge is -2.13. The second-order valence-electron chi connectivity index (χ2n) is 3.87. The molecule has 78 valence electrons. The van der Waals surface area contributed by atoms with Crippen LogP contribution >= 0.6 is 0 Å². The zero-order chi connectivity index (χ0) is 11.3. The average molecular weight is 192 g/mol. The molecule has 0 heterocycles. The van der Waals surface area contributed by atoms with Gasteiger partial charge >= 0.3 is 0 Å². The molecule has 1 nitrogen and oxygen atoms in total. The highest BCUT2D eigenvalue weighted by Crippen LogP contribution is 2.20. The molecule has 0 unspecified atom stereocenters. The largest absolute Gasteiger partial charge is 0.289 e. The topological polar surface area (TPSA) is 17.1 Å². The van der Waals surface area contributed by atoms with Gasteiger partial charge in [-0.05, 0) is 44.3 Å². The molecule has 0 saturated heterocycles. The summed E-state index contributed by atoms with van der Waals surface area (Å²) < 4.78 is 0. The summed E-state index contributed by atoms with van der Waals surface area (Å²) in [6, 6.07) is 0.